The van der Waals surface area contributed by atoms with Gasteiger partial charge in [0.1, 0.15) is 0 Å². The van der Waals surface area contributed by atoms with E-state index >= 15 is 0 Å². The first-order valence-corrected chi connectivity index (χ1v) is 4.13. The van der Waals surface area contributed by atoms with Crippen LogP contribution in [0.25, 0.3) is 0 Å². The van der Waals surface area contributed by atoms with Crippen molar-refractivity contribution in [2.75, 3.05) is 19.7 Å². The molecule has 0 saturated heterocycles. The highest BCUT2D eigenvalue weighted by atomic mass is 19.4. The van der Waals surface area contributed by atoms with Gasteiger partial charge in [-0.05, 0) is 6.08 Å². The summed E-state index contributed by atoms with van der Waals surface area (Å²) < 4.78 is 39.9. The van der Waals surface area contributed by atoms with Crippen molar-refractivity contribution in [3.63, 3.8) is 0 Å². The van der Waals surface area contributed by atoms with Gasteiger partial charge in [0, 0.05) is 6.42 Å². The lowest BCUT2D eigenvalue weighted by Gasteiger charge is -2.07. The molecule has 0 unspecified atom stereocenters. The van der Waals surface area contributed by atoms with Gasteiger partial charge in [-0.1, -0.05) is 0 Å². The van der Waals surface area contributed by atoms with Crippen LogP contribution >= 0.6 is 0 Å². The Morgan fingerprint density at radius 2 is 2.29 bits per heavy atom. The Balaban J connectivity index is 2.22. The molecule has 1 aliphatic heterocycles. The van der Waals surface area contributed by atoms with Gasteiger partial charge < -0.3 is 10.1 Å². The molecule has 0 aromatic carbocycles. The van der Waals surface area contributed by atoms with Crippen LogP contribution in [-0.4, -0.2) is 31.7 Å². The van der Waals surface area contributed by atoms with Crippen molar-refractivity contribution in [1.29, 1.82) is 0 Å². The van der Waals surface area contributed by atoms with Crippen molar-refractivity contribution in [3.8, 4) is 0 Å². The van der Waals surface area contributed by atoms with Gasteiger partial charge in [0.15, 0.2) is 5.76 Å². The Bertz CT molecular complexity index is 247. The lowest BCUT2D eigenvalue weighted by Crippen LogP contribution is -2.33. The average Bonchev–Trinajstić information content (AvgIpc) is 2.53. The van der Waals surface area contributed by atoms with Crippen molar-refractivity contribution in [3.05, 3.63) is 11.8 Å². The highest BCUT2D eigenvalue weighted by Crippen LogP contribution is 2.13. The van der Waals surface area contributed by atoms with E-state index in [0.29, 0.717) is 13.0 Å². The van der Waals surface area contributed by atoms with E-state index in [1.165, 1.54) is 0 Å². The molecule has 0 aromatic rings. The largest absolute Gasteiger partial charge is 0.490 e. The predicted octanol–water partition coefficient (Wildman–Crippen LogP) is 1.01. The fraction of sp³-hybridized carbons (Fsp3) is 0.625. The van der Waals surface area contributed by atoms with Crippen LogP contribution in [0.5, 0.6) is 0 Å². The second-order valence-electron chi connectivity index (χ2n) is 2.85. The summed E-state index contributed by atoms with van der Waals surface area (Å²) in [6.07, 6.45) is -2.07. The zero-order chi connectivity index (χ0) is 10.6. The van der Waals surface area contributed by atoms with Crippen molar-refractivity contribution in [2.24, 2.45) is 0 Å². The number of hydrogen-bond donors (Lipinski definition) is 1. The van der Waals surface area contributed by atoms with E-state index in [-0.39, 0.29) is 12.3 Å². The van der Waals surface area contributed by atoms with Crippen LogP contribution in [0.3, 0.4) is 0 Å². The quantitative estimate of drug-likeness (QED) is 0.751. The molecule has 0 aliphatic carbocycles. The van der Waals surface area contributed by atoms with Crippen LogP contribution in [0.1, 0.15) is 6.42 Å². The lowest BCUT2D eigenvalue weighted by atomic mass is 10.3. The standard InChI is InChI=1S/C8H10F3NO2/c9-8(10,11)5-12-4-6(13)7-2-1-3-14-7/h2,12H,1,3-5H2. The second kappa shape index (κ2) is 4.45. The Morgan fingerprint density at radius 3 is 2.79 bits per heavy atom. The molecular weight excluding hydrogens is 199 g/mol. The molecule has 1 aliphatic rings. The fourth-order valence-electron chi connectivity index (χ4n) is 1.02. The maximum absolute atomic E-state index is 11.7. The minimum atomic E-state index is -4.29. The first-order valence-electron chi connectivity index (χ1n) is 4.13. The molecule has 0 aromatic heterocycles. The van der Waals surface area contributed by atoms with Crippen LogP contribution < -0.4 is 5.32 Å². The van der Waals surface area contributed by atoms with Gasteiger partial charge in [0.25, 0.3) is 0 Å². The molecule has 1 N–H and O–H groups in total. The van der Waals surface area contributed by atoms with Crippen molar-refractivity contribution in [1.82, 2.24) is 5.32 Å². The van der Waals surface area contributed by atoms with Crippen LogP contribution in [0.15, 0.2) is 11.8 Å². The van der Waals surface area contributed by atoms with Crippen LogP contribution in [0.2, 0.25) is 0 Å². The van der Waals surface area contributed by atoms with Crippen molar-refractivity contribution < 1.29 is 22.7 Å². The SMILES string of the molecule is O=C(CNCC(F)(F)F)C1=CCCO1. The maximum atomic E-state index is 11.7. The number of rotatable bonds is 4. The number of carbonyl (C=O) groups excluding carboxylic acids is 1. The maximum Gasteiger partial charge on any atom is 0.401 e. The summed E-state index contributed by atoms with van der Waals surface area (Å²) >= 11 is 0. The van der Waals surface area contributed by atoms with Gasteiger partial charge in [-0.15, -0.1) is 0 Å². The molecule has 0 bridgehead atoms. The minimum Gasteiger partial charge on any atom is -0.490 e. The summed E-state index contributed by atoms with van der Waals surface area (Å²) in [5.74, 6) is -0.272. The molecule has 0 saturated carbocycles. The van der Waals surface area contributed by atoms with Gasteiger partial charge in [0.2, 0.25) is 5.78 Å². The molecule has 1 heterocycles. The number of ketones is 1. The zero-order valence-corrected chi connectivity index (χ0v) is 7.36. The molecule has 80 valence electrons. The van der Waals surface area contributed by atoms with Crippen molar-refractivity contribution >= 4 is 5.78 Å². The molecule has 1 rings (SSSR count). The summed E-state index contributed by atoms with van der Waals surface area (Å²) in [7, 11) is 0. The van der Waals surface area contributed by atoms with E-state index in [1.807, 2.05) is 5.32 Å². The summed E-state index contributed by atoms with van der Waals surface area (Å²) in [5.41, 5.74) is 0. The van der Waals surface area contributed by atoms with E-state index in [0.717, 1.165) is 0 Å². The first-order chi connectivity index (χ1) is 6.49. The van der Waals surface area contributed by atoms with E-state index < -0.39 is 18.5 Å². The van der Waals surface area contributed by atoms with E-state index in [1.54, 1.807) is 6.08 Å². The number of Topliss-reactive ketones (excluding diaryl/α,β-unsaturated/α-hetero) is 1. The topological polar surface area (TPSA) is 38.3 Å². The van der Waals surface area contributed by atoms with Crippen LogP contribution in [0, 0.1) is 0 Å². The third-order valence-electron chi connectivity index (χ3n) is 1.59. The van der Waals surface area contributed by atoms with E-state index in [2.05, 4.69) is 0 Å². The number of ether oxygens (including phenoxy) is 1. The number of alkyl halides is 3. The lowest BCUT2D eigenvalue weighted by molar-refractivity contribution is -0.127. The molecule has 0 atom stereocenters. The third kappa shape index (κ3) is 3.78. The Kier molecular flexibility index (Phi) is 3.51. The summed E-state index contributed by atoms with van der Waals surface area (Å²) in [6.45, 7) is -1.07. The van der Waals surface area contributed by atoms with Crippen LogP contribution in [0.4, 0.5) is 13.2 Å². The third-order valence-corrected chi connectivity index (χ3v) is 1.59. The van der Waals surface area contributed by atoms with Gasteiger partial charge in [0.05, 0.1) is 19.7 Å². The number of hydrogen-bond acceptors (Lipinski definition) is 3. The average molecular weight is 209 g/mol. The monoisotopic (exact) mass is 209 g/mol. The zero-order valence-electron chi connectivity index (χ0n) is 7.36. The van der Waals surface area contributed by atoms with E-state index in [9.17, 15) is 18.0 Å². The van der Waals surface area contributed by atoms with Gasteiger partial charge in [-0.25, -0.2) is 0 Å². The molecule has 0 fully saturated rings. The molecule has 3 nitrogen and oxygen atoms in total. The fourth-order valence-corrected chi connectivity index (χ4v) is 1.02. The molecule has 14 heavy (non-hydrogen) atoms. The Morgan fingerprint density at radius 1 is 1.57 bits per heavy atom. The number of halogens is 3. The molecule has 6 heteroatoms. The summed E-state index contributed by atoms with van der Waals surface area (Å²) in [5, 5.41) is 2.01. The Labute approximate surface area is 78.9 Å². The van der Waals surface area contributed by atoms with Crippen molar-refractivity contribution in [2.45, 2.75) is 12.6 Å². The molecule has 0 radical (unpaired) electrons. The molecule has 0 spiro atoms. The highest BCUT2D eigenvalue weighted by molar-refractivity contribution is 5.95. The predicted molar refractivity (Wildman–Crippen MR) is 42.6 cm³/mol. The summed E-state index contributed by atoms with van der Waals surface area (Å²) in [6, 6.07) is 0. The number of nitrogens with one attached hydrogen (secondary N) is 1. The van der Waals surface area contributed by atoms with E-state index in [4.69, 9.17) is 4.74 Å². The summed E-state index contributed by atoms with van der Waals surface area (Å²) in [4.78, 5) is 11.1. The highest BCUT2D eigenvalue weighted by Gasteiger charge is 2.27. The molecule has 0 amide bonds. The number of carbonyl (C=O) groups is 1. The van der Waals surface area contributed by atoms with Gasteiger partial charge in [-0.3, -0.25) is 4.79 Å². The molecular formula is C8H10F3NO2. The van der Waals surface area contributed by atoms with Gasteiger partial charge >= 0.3 is 6.18 Å². The van der Waals surface area contributed by atoms with Gasteiger partial charge in [-0.2, -0.15) is 13.2 Å². The minimum absolute atomic E-state index is 0.166. The second-order valence-corrected chi connectivity index (χ2v) is 2.85. The smallest absolute Gasteiger partial charge is 0.401 e. The normalized spacial score (nSPS) is 16.4. The van der Waals surface area contributed by atoms with Crippen LogP contribution in [-0.2, 0) is 9.53 Å². The first kappa shape index (κ1) is 11.0. The Hall–Kier alpha value is -1.04.